The van der Waals surface area contributed by atoms with Crippen LogP contribution in [0.25, 0.3) is 11.3 Å². The third-order valence-electron chi connectivity index (χ3n) is 8.64. The predicted molar refractivity (Wildman–Crippen MR) is 168 cm³/mol. The molecule has 4 aromatic rings. The summed E-state index contributed by atoms with van der Waals surface area (Å²) in [6, 6.07) is 8.68. The molecular weight excluding hydrogens is 598 g/mol. The second-order valence-corrected chi connectivity index (χ2v) is 13.6. The van der Waals surface area contributed by atoms with Crippen LogP contribution in [0.3, 0.4) is 0 Å². The van der Waals surface area contributed by atoms with E-state index in [9.17, 15) is 4.79 Å². The van der Waals surface area contributed by atoms with Gasteiger partial charge >= 0.3 is 0 Å². The lowest BCUT2D eigenvalue weighted by atomic mass is 9.97. The Morgan fingerprint density at radius 1 is 1.10 bits per heavy atom. The molecule has 3 aromatic heterocycles. The van der Waals surface area contributed by atoms with Gasteiger partial charge in [0, 0.05) is 65.9 Å². The summed E-state index contributed by atoms with van der Waals surface area (Å²) < 4.78 is 5.31. The number of piperazine rings is 1. The third-order valence-corrected chi connectivity index (χ3v) is 10.3. The summed E-state index contributed by atoms with van der Waals surface area (Å²) in [7, 11) is 0. The maximum Gasteiger partial charge on any atom is 0.224 e. The molecule has 0 aliphatic carbocycles. The normalized spacial score (nSPS) is 15.5. The van der Waals surface area contributed by atoms with Crippen molar-refractivity contribution in [3.8, 4) is 11.3 Å². The first-order chi connectivity index (χ1) is 19.5. The van der Waals surface area contributed by atoms with Gasteiger partial charge in [-0.2, -0.15) is 0 Å². The Bertz CT molecular complexity index is 1540. The van der Waals surface area contributed by atoms with E-state index in [1.807, 2.05) is 16.5 Å². The summed E-state index contributed by atoms with van der Waals surface area (Å²) in [5.41, 5.74) is 7.59. The number of carbonyl (C=O) groups is 1. The smallest absolute Gasteiger partial charge is 0.224 e. The van der Waals surface area contributed by atoms with Crippen molar-refractivity contribution in [2.75, 3.05) is 26.2 Å². The van der Waals surface area contributed by atoms with Gasteiger partial charge in [0.2, 0.25) is 5.91 Å². The van der Waals surface area contributed by atoms with E-state index in [1.165, 1.54) is 22.5 Å². The van der Waals surface area contributed by atoms with E-state index in [4.69, 9.17) is 0 Å². The van der Waals surface area contributed by atoms with Crippen LogP contribution in [0.1, 0.15) is 66.5 Å². The number of hydrogen-bond donors (Lipinski definition) is 0. The summed E-state index contributed by atoms with van der Waals surface area (Å²) in [5, 5.41) is 12.3. The molecule has 10 heteroatoms. The average Bonchev–Trinajstić information content (AvgIpc) is 3.68. The van der Waals surface area contributed by atoms with E-state index in [2.05, 4.69) is 118 Å². The van der Waals surface area contributed by atoms with Crippen molar-refractivity contribution in [2.45, 2.75) is 73.0 Å². The van der Waals surface area contributed by atoms with Gasteiger partial charge < -0.3 is 9.47 Å². The van der Waals surface area contributed by atoms with Crippen LogP contribution < -0.4 is 0 Å². The fourth-order valence-electron chi connectivity index (χ4n) is 5.76. The molecule has 0 saturated carbocycles. The number of thiazole rings is 1. The highest BCUT2D eigenvalue weighted by Gasteiger charge is 2.35. The van der Waals surface area contributed by atoms with Crippen molar-refractivity contribution in [2.24, 2.45) is 0 Å². The van der Waals surface area contributed by atoms with Crippen molar-refractivity contribution in [3.05, 3.63) is 73.5 Å². The van der Waals surface area contributed by atoms with Crippen LogP contribution in [0.15, 0.2) is 40.3 Å². The van der Waals surface area contributed by atoms with Gasteiger partial charge in [0.05, 0.1) is 28.5 Å². The number of halogens is 1. The van der Waals surface area contributed by atoms with Crippen molar-refractivity contribution < 1.29 is 4.79 Å². The molecule has 1 aliphatic heterocycles. The lowest BCUT2D eigenvalue weighted by Crippen LogP contribution is -2.54. The number of rotatable bonds is 8. The molecule has 0 spiro atoms. The zero-order valence-corrected chi connectivity index (χ0v) is 27.5. The summed E-state index contributed by atoms with van der Waals surface area (Å²) >= 11 is 5.26. The van der Waals surface area contributed by atoms with E-state index >= 15 is 0 Å². The van der Waals surface area contributed by atoms with Gasteiger partial charge in [0.1, 0.15) is 5.69 Å². The number of amides is 1. The summed E-state index contributed by atoms with van der Waals surface area (Å²) in [6.07, 6.45) is 2.57. The van der Waals surface area contributed by atoms with Crippen LogP contribution in [-0.4, -0.2) is 66.4 Å². The monoisotopic (exact) mass is 637 g/mol. The molecule has 41 heavy (non-hydrogen) atoms. The number of hydrogen-bond acceptors (Lipinski definition) is 6. The molecule has 0 radical (unpaired) electrons. The van der Waals surface area contributed by atoms with Crippen LogP contribution in [0.2, 0.25) is 0 Å². The molecule has 1 aliphatic rings. The molecule has 8 nitrogen and oxygen atoms in total. The molecule has 4 heterocycles. The van der Waals surface area contributed by atoms with Crippen molar-refractivity contribution in [3.63, 3.8) is 0 Å². The number of nitrogens with zero attached hydrogens (tertiary/aromatic N) is 7. The van der Waals surface area contributed by atoms with Gasteiger partial charge in [-0.1, -0.05) is 33.3 Å². The zero-order valence-electron chi connectivity index (χ0n) is 25.1. The molecule has 1 fully saturated rings. The molecule has 218 valence electrons. The van der Waals surface area contributed by atoms with Gasteiger partial charge in [-0.25, -0.2) is 9.67 Å². The summed E-state index contributed by atoms with van der Waals surface area (Å²) in [5.74, 6) is 0.213. The van der Waals surface area contributed by atoms with E-state index < -0.39 is 0 Å². The second-order valence-electron chi connectivity index (χ2n) is 11.6. The highest BCUT2D eigenvalue weighted by molar-refractivity contribution is 9.10. The first-order valence-corrected chi connectivity index (χ1v) is 15.9. The van der Waals surface area contributed by atoms with Crippen LogP contribution in [0.4, 0.5) is 0 Å². The summed E-state index contributed by atoms with van der Waals surface area (Å²) in [6.45, 7) is 18.7. The highest BCUT2D eigenvalue weighted by atomic mass is 79.9. The van der Waals surface area contributed by atoms with E-state index in [0.717, 1.165) is 52.6 Å². The van der Waals surface area contributed by atoms with Gasteiger partial charge in [-0.05, 0) is 71.7 Å². The Balaban J connectivity index is 1.17. The number of carbonyl (C=O) groups excluding carboxylic acids is 1. The van der Waals surface area contributed by atoms with Crippen LogP contribution >= 0.6 is 27.3 Å². The SMILES string of the molecule is Cc1nc(-c2cc(C)n(CCC(=O)N3CCN(C(C)(C)c4cn([C@@H](C)c5ccc(Br)c(C)c5)nn4)CC3)c2C)cs1. The Morgan fingerprint density at radius 3 is 2.49 bits per heavy atom. The summed E-state index contributed by atoms with van der Waals surface area (Å²) in [4.78, 5) is 22.3. The first kappa shape index (κ1) is 29.7. The third kappa shape index (κ3) is 6.05. The van der Waals surface area contributed by atoms with E-state index in [-0.39, 0.29) is 17.5 Å². The molecular formula is C31H40BrN7OS. The van der Waals surface area contributed by atoms with Crippen LogP contribution in [-0.2, 0) is 16.9 Å². The number of aryl methyl sites for hydroxylation is 3. The highest BCUT2D eigenvalue weighted by Crippen LogP contribution is 2.30. The average molecular weight is 639 g/mol. The fraction of sp³-hybridized carbons (Fsp3) is 0.484. The minimum Gasteiger partial charge on any atom is -0.348 e. The molecule has 0 N–H and O–H groups in total. The molecule has 1 atom stereocenters. The Hall–Kier alpha value is -2.82. The van der Waals surface area contributed by atoms with Gasteiger partial charge in [-0.3, -0.25) is 9.69 Å². The molecule has 1 amide bonds. The molecule has 1 saturated heterocycles. The minimum absolute atomic E-state index is 0.0857. The maximum atomic E-state index is 13.2. The predicted octanol–water partition coefficient (Wildman–Crippen LogP) is 6.28. The lowest BCUT2D eigenvalue weighted by Gasteiger charge is -2.43. The number of benzene rings is 1. The topological polar surface area (TPSA) is 72.1 Å². The Kier molecular flexibility index (Phi) is 8.55. The Morgan fingerprint density at radius 2 is 1.83 bits per heavy atom. The standard InChI is InChI=1S/C31H40BrN7OS/c1-20-16-25(8-9-27(20)32)22(3)39-18-29(34-35-39)31(6,7)37-14-12-36(13-15-37)30(40)10-11-38-21(2)17-26(23(38)4)28-19-41-24(5)33-28/h8-9,16-19,22H,10-15H2,1-7H3/t22-/m0/s1. The van der Waals surface area contributed by atoms with Crippen molar-refractivity contribution >= 4 is 33.2 Å². The largest absolute Gasteiger partial charge is 0.348 e. The maximum absolute atomic E-state index is 13.2. The Labute approximate surface area is 255 Å². The number of aromatic nitrogens is 5. The zero-order chi connectivity index (χ0) is 29.5. The van der Waals surface area contributed by atoms with Crippen LogP contribution in [0, 0.1) is 27.7 Å². The van der Waals surface area contributed by atoms with Gasteiger partial charge in [-0.15, -0.1) is 16.4 Å². The van der Waals surface area contributed by atoms with Crippen molar-refractivity contribution in [1.29, 1.82) is 0 Å². The van der Waals surface area contributed by atoms with E-state index in [0.29, 0.717) is 13.0 Å². The molecule has 5 rings (SSSR count). The van der Waals surface area contributed by atoms with Gasteiger partial charge in [0.25, 0.3) is 0 Å². The van der Waals surface area contributed by atoms with Gasteiger partial charge in [0.15, 0.2) is 0 Å². The van der Waals surface area contributed by atoms with E-state index in [1.54, 1.807) is 11.3 Å². The fourth-order valence-corrected chi connectivity index (χ4v) is 6.62. The minimum atomic E-state index is -0.285. The van der Waals surface area contributed by atoms with Crippen LogP contribution in [0.5, 0.6) is 0 Å². The quantitative estimate of drug-likeness (QED) is 0.227. The lowest BCUT2D eigenvalue weighted by molar-refractivity contribution is -0.134. The van der Waals surface area contributed by atoms with Crippen molar-refractivity contribution in [1.82, 2.24) is 34.3 Å². The molecule has 0 unspecified atom stereocenters. The molecule has 1 aromatic carbocycles. The molecule has 0 bridgehead atoms. The first-order valence-electron chi connectivity index (χ1n) is 14.3. The second kappa shape index (κ2) is 11.8.